The van der Waals surface area contributed by atoms with Crippen molar-refractivity contribution in [3.63, 3.8) is 0 Å². The Balaban J connectivity index is 1.50. The molecule has 0 bridgehead atoms. The number of carbonyl (C=O) groups excluding carboxylic acids is 1. The first-order valence-electron chi connectivity index (χ1n) is 6.52. The highest BCUT2D eigenvalue weighted by Crippen LogP contribution is 2.23. The van der Waals surface area contributed by atoms with Gasteiger partial charge in [0.15, 0.2) is 0 Å². The number of para-hydroxylation sites is 1. The van der Waals surface area contributed by atoms with Gasteiger partial charge < -0.3 is 10.1 Å². The smallest absolute Gasteiger partial charge is 0.222 e. The van der Waals surface area contributed by atoms with E-state index in [0.29, 0.717) is 19.6 Å². The summed E-state index contributed by atoms with van der Waals surface area (Å²) < 4.78 is 7.17. The molecule has 1 amide bonds. The van der Waals surface area contributed by atoms with Crippen molar-refractivity contribution in [3.8, 4) is 5.75 Å². The van der Waals surface area contributed by atoms with Gasteiger partial charge in [0.1, 0.15) is 18.7 Å². The molecule has 0 radical (unpaired) electrons. The molecule has 7 nitrogen and oxygen atoms in total. The first-order valence-corrected chi connectivity index (χ1v) is 6.52. The zero-order valence-electron chi connectivity index (χ0n) is 10.9. The van der Waals surface area contributed by atoms with Crippen molar-refractivity contribution in [3.05, 3.63) is 36.2 Å². The Labute approximate surface area is 115 Å². The van der Waals surface area contributed by atoms with Crippen molar-refractivity contribution in [1.82, 2.24) is 25.5 Å². The molecule has 0 aliphatic carbocycles. The maximum atomic E-state index is 11.9. The summed E-state index contributed by atoms with van der Waals surface area (Å²) in [5.74, 6) is 0.889. The van der Waals surface area contributed by atoms with Gasteiger partial charge in [-0.2, -0.15) is 0 Å². The van der Waals surface area contributed by atoms with Gasteiger partial charge >= 0.3 is 0 Å². The van der Waals surface area contributed by atoms with E-state index < -0.39 is 0 Å². The molecule has 0 saturated carbocycles. The maximum Gasteiger partial charge on any atom is 0.222 e. The van der Waals surface area contributed by atoms with Gasteiger partial charge in [-0.1, -0.05) is 18.2 Å². The topological polar surface area (TPSA) is 81.9 Å². The zero-order valence-corrected chi connectivity index (χ0v) is 10.9. The van der Waals surface area contributed by atoms with E-state index in [9.17, 15) is 4.79 Å². The number of fused-ring (bicyclic) bond motifs is 1. The highest BCUT2D eigenvalue weighted by molar-refractivity contribution is 5.76. The summed E-state index contributed by atoms with van der Waals surface area (Å²) in [5.41, 5.74) is 1.13. The normalized spacial score (nSPS) is 17.1. The molecular weight excluding hydrogens is 258 g/mol. The monoisotopic (exact) mass is 273 g/mol. The van der Waals surface area contributed by atoms with Crippen molar-refractivity contribution in [2.75, 3.05) is 6.61 Å². The molecule has 0 spiro atoms. The van der Waals surface area contributed by atoms with E-state index in [1.54, 1.807) is 0 Å². The Hall–Kier alpha value is -2.44. The Morgan fingerprint density at radius 1 is 1.45 bits per heavy atom. The number of ether oxygens (including phenoxy) is 1. The van der Waals surface area contributed by atoms with E-state index in [1.807, 2.05) is 24.3 Å². The molecule has 1 aliphatic heterocycles. The van der Waals surface area contributed by atoms with E-state index in [2.05, 4.69) is 20.8 Å². The molecule has 7 heteroatoms. The van der Waals surface area contributed by atoms with Crippen LogP contribution in [0.25, 0.3) is 0 Å². The molecule has 1 N–H and O–H groups in total. The van der Waals surface area contributed by atoms with E-state index >= 15 is 0 Å². The fraction of sp³-hybridized carbons (Fsp3) is 0.385. The highest BCUT2D eigenvalue weighted by Gasteiger charge is 2.20. The third-order valence-electron chi connectivity index (χ3n) is 3.20. The first kappa shape index (κ1) is 12.6. The number of nitrogens with zero attached hydrogens (tertiary/aromatic N) is 4. The zero-order chi connectivity index (χ0) is 13.8. The standard InChI is InChI=1S/C13H15N5O2/c19-13(5-6-18-9-14-16-17-18)15-11-7-10-3-1-2-4-12(10)20-8-11/h1-4,9,11H,5-8H2,(H,15,19)/t11-/m0/s1. The summed E-state index contributed by atoms with van der Waals surface area (Å²) in [6.07, 6.45) is 2.64. The van der Waals surface area contributed by atoms with Crippen LogP contribution in [0.4, 0.5) is 0 Å². The van der Waals surface area contributed by atoms with Crippen LogP contribution in [0, 0.1) is 0 Å². The third kappa shape index (κ3) is 2.93. The summed E-state index contributed by atoms with van der Waals surface area (Å²) in [7, 11) is 0. The lowest BCUT2D eigenvalue weighted by atomic mass is 10.0. The van der Waals surface area contributed by atoms with Gasteiger partial charge in [-0.05, 0) is 28.5 Å². The summed E-state index contributed by atoms with van der Waals surface area (Å²) in [6, 6.07) is 7.92. The van der Waals surface area contributed by atoms with Crippen LogP contribution in [0.2, 0.25) is 0 Å². The molecule has 104 valence electrons. The highest BCUT2D eigenvalue weighted by atomic mass is 16.5. The number of nitrogens with one attached hydrogen (secondary N) is 1. The number of rotatable bonds is 4. The number of aromatic nitrogens is 4. The molecule has 0 saturated heterocycles. The van der Waals surface area contributed by atoms with Crippen LogP contribution in [0.3, 0.4) is 0 Å². The van der Waals surface area contributed by atoms with Crippen LogP contribution in [-0.2, 0) is 17.8 Å². The predicted molar refractivity (Wildman–Crippen MR) is 70.0 cm³/mol. The quantitative estimate of drug-likeness (QED) is 0.859. The van der Waals surface area contributed by atoms with Gasteiger partial charge in [0, 0.05) is 6.42 Å². The van der Waals surface area contributed by atoms with E-state index in [4.69, 9.17) is 4.74 Å². The molecule has 2 aromatic rings. The number of hydrogen-bond acceptors (Lipinski definition) is 5. The minimum absolute atomic E-state index is 0.0197. The fourth-order valence-corrected chi connectivity index (χ4v) is 2.22. The number of aryl methyl sites for hydroxylation is 1. The minimum atomic E-state index is -0.0199. The lowest BCUT2D eigenvalue weighted by molar-refractivity contribution is -0.122. The van der Waals surface area contributed by atoms with Gasteiger partial charge in [0.05, 0.1) is 12.6 Å². The Morgan fingerprint density at radius 3 is 3.20 bits per heavy atom. The van der Waals surface area contributed by atoms with Crippen LogP contribution in [-0.4, -0.2) is 38.8 Å². The van der Waals surface area contributed by atoms with Gasteiger partial charge in [0.2, 0.25) is 5.91 Å². The van der Waals surface area contributed by atoms with Crippen molar-refractivity contribution >= 4 is 5.91 Å². The average molecular weight is 273 g/mol. The number of carbonyl (C=O) groups is 1. The molecule has 0 unspecified atom stereocenters. The second-order valence-corrected chi connectivity index (χ2v) is 4.71. The largest absolute Gasteiger partial charge is 0.491 e. The molecule has 0 fully saturated rings. The van der Waals surface area contributed by atoms with Gasteiger partial charge in [-0.3, -0.25) is 4.79 Å². The summed E-state index contributed by atoms with van der Waals surface area (Å²) >= 11 is 0. The van der Waals surface area contributed by atoms with Gasteiger partial charge in [-0.15, -0.1) is 5.10 Å². The van der Waals surface area contributed by atoms with Gasteiger partial charge in [-0.25, -0.2) is 4.68 Å². The fourth-order valence-electron chi connectivity index (χ4n) is 2.22. The van der Waals surface area contributed by atoms with Crippen molar-refractivity contribution in [2.24, 2.45) is 0 Å². The second kappa shape index (κ2) is 5.68. The average Bonchev–Trinajstić information content (AvgIpc) is 2.98. The summed E-state index contributed by atoms with van der Waals surface area (Å²) in [5, 5.41) is 13.7. The second-order valence-electron chi connectivity index (χ2n) is 4.71. The minimum Gasteiger partial charge on any atom is -0.491 e. The Morgan fingerprint density at radius 2 is 2.35 bits per heavy atom. The first-order chi connectivity index (χ1) is 9.81. The number of benzene rings is 1. The third-order valence-corrected chi connectivity index (χ3v) is 3.20. The lowest BCUT2D eigenvalue weighted by Crippen LogP contribution is -2.42. The SMILES string of the molecule is O=C(CCn1cnnn1)N[C@@H]1COc2ccccc2C1. The van der Waals surface area contributed by atoms with E-state index in [1.165, 1.54) is 11.0 Å². The molecular formula is C13H15N5O2. The van der Waals surface area contributed by atoms with Crippen molar-refractivity contribution in [2.45, 2.75) is 25.4 Å². The number of amides is 1. The van der Waals surface area contributed by atoms with Crippen LogP contribution >= 0.6 is 0 Å². The molecule has 1 aliphatic rings. The van der Waals surface area contributed by atoms with Crippen LogP contribution < -0.4 is 10.1 Å². The molecule has 3 rings (SSSR count). The number of hydrogen-bond donors (Lipinski definition) is 1. The maximum absolute atomic E-state index is 11.9. The predicted octanol–water partition coefficient (Wildman–Crippen LogP) is 0.183. The van der Waals surface area contributed by atoms with Crippen LogP contribution in [0.1, 0.15) is 12.0 Å². The summed E-state index contributed by atoms with van der Waals surface area (Å²) in [6.45, 7) is 0.983. The summed E-state index contributed by atoms with van der Waals surface area (Å²) in [4.78, 5) is 11.9. The Kier molecular flexibility index (Phi) is 3.58. The van der Waals surface area contributed by atoms with Crippen LogP contribution in [0.15, 0.2) is 30.6 Å². The molecule has 1 atom stereocenters. The molecule has 1 aromatic carbocycles. The Bertz CT molecular complexity index is 584. The van der Waals surface area contributed by atoms with E-state index in [0.717, 1.165) is 17.7 Å². The number of tetrazole rings is 1. The molecule has 20 heavy (non-hydrogen) atoms. The lowest BCUT2D eigenvalue weighted by Gasteiger charge is -2.26. The van der Waals surface area contributed by atoms with Crippen molar-refractivity contribution < 1.29 is 9.53 Å². The molecule has 1 aromatic heterocycles. The van der Waals surface area contributed by atoms with E-state index in [-0.39, 0.29) is 11.9 Å². The van der Waals surface area contributed by atoms with Crippen LogP contribution in [0.5, 0.6) is 5.75 Å². The van der Waals surface area contributed by atoms with Crippen molar-refractivity contribution in [1.29, 1.82) is 0 Å². The molecule has 2 heterocycles. The van der Waals surface area contributed by atoms with Gasteiger partial charge in [0.25, 0.3) is 0 Å².